The van der Waals surface area contributed by atoms with E-state index >= 15 is 0 Å². The minimum atomic E-state index is -0.483. The molecule has 1 aliphatic carbocycles. The van der Waals surface area contributed by atoms with Crippen molar-refractivity contribution >= 4 is 22.7 Å². The minimum Gasteiger partial charge on any atom is -0.447 e. The number of rotatable bonds is 7. The van der Waals surface area contributed by atoms with E-state index in [1.807, 2.05) is 50.2 Å². The summed E-state index contributed by atoms with van der Waals surface area (Å²) in [4.78, 5) is 20.7. The van der Waals surface area contributed by atoms with Gasteiger partial charge in [-0.2, -0.15) is 5.26 Å². The van der Waals surface area contributed by atoms with Crippen LogP contribution in [0.1, 0.15) is 43.6 Å². The van der Waals surface area contributed by atoms with Crippen LogP contribution in [0.15, 0.2) is 60.9 Å². The number of fused-ring (bicyclic) bond motifs is 1. The minimum absolute atomic E-state index is 0.191. The van der Waals surface area contributed by atoms with Crippen LogP contribution in [0.4, 0.5) is 10.5 Å². The average Bonchev–Trinajstić information content (AvgIpc) is 3.61. The predicted octanol–water partition coefficient (Wildman–Crippen LogP) is 5.93. The third-order valence-corrected chi connectivity index (χ3v) is 6.11. The molecule has 0 saturated heterocycles. The van der Waals surface area contributed by atoms with Gasteiger partial charge in [0.15, 0.2) is 0 Å². The van der Waals surface area contributed by atoms with E-state index in [1.165, 1.54) is 12.8 Å². The third kappa shape index (κ3) is 5.02. The molecule has 0 bridgehead atoms. The van der Waals surface area contributed by atoms with E-state index in [0.29, 0.717) is 23.6 Å². The number of nitrogens with one attached hydrogen (secondary N) is 1. The molecule has 2 heterocycles. The van der Waals surface area contributed by atoms with Gasteiger partial charge in [0.05, 0.1) is 22.9 Å². The highest BCUT2D eigenvalue weighted by Crippen LogP contribution is 2.39. The first-order chi connectivity index (χ1) is 17.0. The number of benzene rings is 2. The van der Waals surface area contributed by atoms with Crippen LogP contribution in [-0.2, 0) is 17.7 Å². The number of hydrogen-bond donors (Lipinski definition) is 1. The number of ether oxygens (including phenoxy) is 1. The van der Waals surface area contributed by atoms with E-state index in [-0.39, 0.29) is 6.10 Å². The number of nitrogens with zero attached hydrogens (tertiary/aromatic N) is 4. The van der Waals surface area contributed by atoms with Crippen molar-refractivity contribution in [1.82, 2.24) is 14.5 Å². The zero-order chi connectivity index (χ0) is 24.4. The summed E-state index contributed by atoms with van der Waals surface area (Å²) in [7, 11) is 0. The maximum Gasteiger partial charge on any atom is 0.411 e. The van der Waals surface area contributed by atoms with Gasteiger partial charge in [0.25, 0.3) is 0 Å². The number of carbonyl (C=O) groups is 1. The largest absolute Gasteiger partial charge is 0.447 e. The molecule has 1 amide bonds. The molecule has 5 rings (SSSR count). The normalized spacial score (nSPS) is 13.1. The molecule has 7 heteroatoms. The van der Waals surface area contributed by atoms with Gasteiger partial charge >= 0.3 is 6.09 Å². The molecule has 0 atom stereocenters. The summed E-state index contributed by atoms with van der Waals surface area (Å²) in [6.07, 6.45) is 5.88. The fourth-order valence-corrected chi connectivity index (χ4v) is 4.34. The highest BCUT2D eigenvalue weighted by molar-refractivity contribution is 5.95. The summed E-state index contributed by atoms with van der Waals surface area (Å²) in [5.41, 5.74) is 5.33. The van der Waals surface area contributed by atoms with E-state index in [9.17, 15) is 10.1 Å². The van der Waals surface area contributed by atoms with Crippen molar-refractivity contribution in [2.24, 2.45) is 5.92 Å². The molecule has 1 saturated carbocycles. The predicted molar refractivity (Wildman–Crippen MR) is 135 cm³/mol. The van der Waals surface area contributed by atoms with Gasteiger partial charge in [-0.1, -0.05) is 24.3 Å². The van der Waals surface area contributed by atoms with E-state index < -0.39 is 6.09 Å². The Balaban J connectivity index is 1.53. The summed E-state index contributed by atoms with van der Waals surface area (Å²) in [6, 6.07) is 18.1. The van der Waals surface area contributed by atoms with Crippen LogP contribution in [0.5, 0.6) is 0 Å². The second-order valence-corrected chi connectivity index (χ2v) is 9.24. The first kappa shape index (κ1) is 22.6. The summed E-state index contributed by atoms with van der Waals surface area (Å²) in [5.74, 6) is 1.40. The standard InChI is InChI=1S/C28H27N5O2/c1-18(2)35-28(34)32-22-9-7-21(8-10-22)27-24(16-29)23-11-6-20(15-26-30-12-3-13-31-26)14-25(23)33(27)17-19-4-5-19/h3,6-14,18-19H,4-5,15,17H2,1-2H3,(H,32,34). The Morgan fingerprint density at radius 1 is 1.17 bits per heavy atom. The SMILES string of the molecule is CC(C)OC(=O)Nc1ccc(-c2c(C#N)c3ccc(Cc4ncccn4)cc3n2CC2CC2)cc1. The number of hydrogen-bond acceptors (Lipinski definition) is 5. The van der Waals surface area contributed by atoms with Gasteiger partial charge in [-0.05, 0) is 68.0 Å². The lowest BCUT2D eigenvalue weighted by atomic mass is 10.0. The van der Waals surface area contributed by atoms with Gasteiger partial charge in [-0.15, -0.1) is 0 Å². The molecule has 4 aromatic rings. The number of anilines is 1. The molecule has 1 fully saturated rings. The van der Waals surface area contributed by atoms with Crippen LogP contribution in [0.2, 0.25) is 0 Å². The molecule has 0 unspecified atom stereocenters. The highest BCUT2D eigenvalue weighted by Gasteiger charge is 2.26. The maximum atomic E-state index is 12.0. The lowest BCUT2D eigenvalue weighted by Gasteiger charge is -2.13. The zero-order valence-electron chi connectivity index (χ0n) is 19.9. The molecule has 176 valence electrons. The Hall–Kier alpha value is -4.18. The van der Waals surface area contributed by atoms with Gasteiger partial charge in [0.2, 0.25) is 0 Å². The summed E-state index contributed by atoms with van der Waals surface area (Å²) in [5, 5.41) is 13.8. The molecular weight excluding hydrogens is 438 g/mol. The molecule has 0 spiro atoms. The van der Waals surface area contributed by atoms with Gasteiger partial charge < -0.3 is 9.30 Å². The van der Waals surface area contributed by atoms with Crippen LogP contribution < -0.4 is 5.32 Å². The summed E-state index contributed by atoms with van der Waals surface area (Å²) in [6.45, 7) is 4.49. The monoisotopic (exact) mass is 465 g/mol. The molecular formula is C28H27N5O2. The van der Waals surface area contributed by atoms with Crippen LogP contribution in [0.3, 0.4) is 0 Å². The number of carbonyl (C=O) groups excluding carboxylic acids is 1. The first-order valence-corrected chi connectivity index (χ1v) is 11.9. The number of amides is 1. The smallest absolute Gasteiger partial charge is 0.411 e. The third-order valence-electron chi connectivity index (χ3n) is 6.11. The van der Waals surface area contributed by atoms with E-state index in [0.717, 1.165) is 40.1 Å². The van der Waals surface area contributed by atoms with E-state index in [4.69, 9.17) is 4.74 Å². The van der Waals surface area contributed by atoms with E-state index in [1.54, 1.807) is 12.4 Å². The lowest BCUT2D eigenvalue weighted by Crippen LogP contribution is -2.17. The summed E-state index contributed by atoms with van der Waals surface area (Å²) >= 11 is 0. The Kier molecular flexibility index (Phi) is 6.19. The molecule has 0 radical (unpaired) electrons. The molecule has 1 aliphatic rings. The fraction of sp³-hybridized carbons (Fsp3) is 0.286. The second kappa shape index (κ2) is 9.59. The Morgan fingerprint density at radius 3 is 2.57 bits per heavy atom. The van der Waals surface area contributed by atoms with Crippen molar-refractivity contribution in [2.75, 3.05) is 5.32 Å². The van der Waals surface area contributed by atoms with E-state index in [2.05, 4.69) is 38.1 Å². The zero-order valence-corrected chi connectivity index (χ0v) is 19.9. The van der Waals surface area contributed by atoms with Gasteiger partial charge in [0, 0.05) is 36.4 Å². The van der Waals surface area contributed by atoms with Crippen molar-refractivity contribution in [1.29, 1.82) is 5.26 Å². The quantitative estimate of drug-likeness (QED) is 0.365. The van der Waals surface area contributed by atoms with Gasteiger partial charge in [-0.3, -0.25) is 5.32 Å². The molecule has 2 aromatic carbocycles. The molecule has 0 aliphatic heterocycles. The Morgan fingerprint density at radius 2 is 1.91 bits per heavy atom. The average molecular weight is 466 g/mol. The molecule has 35 heavy (non-hydrogen) atoms. The fourth-order valence-electron chi connectivity index (χ4n) is 4.34. The number of aromatic nitrogens is 3. The van der Waals surface area contributed by atoms with Crippen molar-refractivity contribution < 1.29 is 9.53 Å². The van der Waals surface area contributed by atoms with Crippen LogP contribution in [-0.4, -0.2) is 26.7 Å². The van der Waals surface area contributed by atoms with Crippen LogP contribution in [0, 0.1) is 17.2 Å². The molecule has 1 N–H and O–H groups in total. The first-order valence-electron chi connectivity index (χ1n) is 11.9. The van der Waals surface area contributed by atoms with Gasteiger partial charge in [0.1, 0.15) is 11.9 Å². The van der Waals surface area contributed by atoms with Gasteiger partial charge in [-0.25, -0.2) is 14.8 Å². The van der Waals surface area contributed by atoms with Crippen molar-refractivity contribution in [2.45, 2.75) is 45.8 Å². The Bertz CT molecular complexity index is 1400. The number of nitriles is 1. The van der Waals surface area contributed by atoms with Crippen molar-refractivity contribution in [3.8, 4) is 17.3 Å². The molecule has 2 aromatic heterocycles. The topological polar surface area (TPSA) is 92.8 Å². The van der Waals surface area contributed by atoms with Crippen LogP contribution >= 0.6 is 0 Å². The summed E-state index contributed by atoms with van der Waals surface area (Å²) < 4.78 is 7.45. The lowest BCUT2D eigenvalue weighted by molar-refractivity contribution is 0.130. The van der Waals surface area contributed by atoms with Crippen molar-refractivity contribution in [3.63, 3.8) is 0 Å². The Labute approximate surface area is 204 Å². The van der Waals surface area contributed by atoms with Crippen LogP contribution in [0.25, 0.3) is 22.2 Å². The molecule has 7 nitrogen and oxygen atoms in total. The van der Waals surface area contributed by atoms with Crippen molar-refractivity contribution in [3.05, 3.63) is 77.9 Å². The maximum absolute atomic E-state index is 12.0. The second-order valence-electron chi connectivity index (χ2n) is 9.24. The highest BCUT2D eigenvalue weighted by atomic mass is 16.6.